The Labute approximate surface area is 190 Å². The summed E-state index contributed by atoms with van der Waals surface area (Å²) in [7, 11) is 0. The van der Waals surface area contributed by atoms with Crippen molar-refractivity contribution in [2.24, 2.45) is 0 Å². The Hall–Kier alpha value is -2.41. The van der Waals surface area contributed by atoms with E-state index in [9.17, 15) is 9.59 Å². The van der Waals surface area contributed by atoms with E-state index in [4.69, 9.17) is 11.6 Å². The molecular formula is C24H24ClN3O2S. The molecule has 2 fully saturated rings. The van der Waals surface area contributed by atoms with Crippen LogP contribution in [0, 0.1) is 6.92 Å². The minimum Gasteiger partial charge on any atom is -0.337 e. The maximum Gasteiger partial charge on any atom is 0.264 e. The fourth-order valence-electron chi connectivity index (χ4n) is 4.47. The van der Waals surface area contributed by atoms with E-state index in [1.54, 1.807) is 0 Å². The van der Waals surface area contributed by atoms with Gasteiger partial charge >= 0.3 is 0 Å². The van der Waals surface area contributed by atoms with Gasteiger partial charge in [0.2, 0.25) is 0 Å². The minimum absolute atomic E-state index is 0.0932. The van der Waals surface area contributed by atoms with E-state index in [2.05, 4.69) is 5.32 Å². The van der Waals surface area contributed by atoms with Crippen molar-refractivity contribution >= 4 is 44.8 Å². The van der Waals surface area contributed by atoms with Crippen molar-refractivity contribution in [2.45, 2.75) is 25.4 Å². The van der Waals surface area contributed by atoms with Gasteiger partial charge in [-0.05, 0) is 54.6 Å². The Kier molecular flexibility index (Phi) is 5.46. The highest BCUT2D eigenvalue weighted by Gasteiger charge is 2.36. The van der Waals surface area contributed by atoms with Crippen molar-refractivity contribution in [3.05, 3.63) is 69.6 Å². The number of nitrogens with zero attached hydrogens (tertiary/aromatic N) is 2. The predicted molar refractivity (Wildman–Crippen MR) is 125 cm³/mol. The van der Waals surface area contributed by atoms with Gasteiger partial charge in [-0.3, -0.25) is 9.59 Å². The van der Waals surface area contributed by atoms with Crippen molar-refractivity contribution in [1.29, 1.82) is 0 Å². The van der Waals surface area contributed by atoms with E-state index in [1.807, 2.05) is 65.3 Å². The summed E-state index contributed by atoms with van der Waals surface area (Å²) in [6, 6.07) is 15.8. The number of hydrogen-bond donors (Lipinski definition) is 1. The van der Waals surface area contributed by atoms with Crippen LogP contribution < -0.4 is 5.32 Å². The number of benzene rings is 2. The number of carbonyl (C=O) groups is 2. The van der Waals surface area contributed by atoms with Crippen LogP contribution in [0.15, 0.2) is 48.5 Å². The number of halogens is 1. The van der Waals surface area contributed by atoms with Gasteiger partial charge in [0.05, 0.1) is 4.88 Å². The van der Waals surface area contributed by atoms with Gasteiger partial charge < -0.3 is 15.1 Å². The molecule has 2 saturated heterocycles. The van der Waals surface area contributed by atoms with Crippen molar-refractivity contribution in [1.82, 2.24) is 15.1 Å². The minimum atomic E-state index is 0.0932. The first-order chi connectivity index (χ1) is 15.0. The molecule has 2 amide bonds. The van der Waals surface area contributed by atoms with Crippen LogP contribution in [0.2, 0.25) is 5.02 Å². The Morgan fingerprint density at radius 3 is 2.52 bits per heavy atom. The van der Waals surface area contributed by atoms with Crippen molar-refractivity contribution in [2.75, 3.05) is 26.2 Å². The second-order valence-corrected chi connectivity index (χ2v) is 9.86. The van der Waals surface area contributed by atoms with E-state index in [0.29, 0.717) is 24.7 Å². The molecule has 0 radical (unpaired) electrons. The van der Waals surface area contributed by atoms with Crippen molar-refractivity contribution in [3.63, 3.8) is 0 Å². The number of rotatable bonds is 4. The van der Waals surface area contributed by atoms with Crippen LogP contribution in [-0.4, -0.2) is 59.9 Å². The van der Waals surface area contributed by atoms with Gasteiger partial charge in [-0.15, -0.1) is 11.3 Å². The zero-order valence-electron chi connectivity index (χ0n) is 17.3. The van der Waals surface area contributed by atoms with Gasteiger partial charge in [-0.1, -0.05) is 29.8 Å². The van der Waals surface area contributed by atoms with Crippen molar-refractivity contribution in [3.8, 4) is 0 Å². The van der Waals surface area contributed by atoms with Crippen LogP contribution >= 0.6 is 22.9 Å². The van der Waals surface area contributed by atoms with Crippen LogP contribution in [0.5, 0.6) is 0 Å². The number of fused-ring (bicyclic) bond motifs is 1. The largest absolute Gasteiger partial charge is 0.337 e. The van der Waals surface area contributed by atoms with Crippen LogP contribution in [0.25, 0.3) is 10.1 Å². The highest BCUT2D eigenvalue weighted by Crippen LogP contribution is 2.34. The standard InChI is InChI=1S/C24H24ClN3O2S/c1-15-20-11-17(25)7-8-21(20)31-22(15)24(30)28-13-19(14-28)26-18-9-10-27(12-18)23(29)16-5-3-2-4-6-16/h2-8,11,18-19,26H,9-10,12-14H2,1H3/t18-/m0/s1. The summed E-state index contributed by atoms with van der Waals surface area (Å²) >= 11 is 7.66. The smallest absolute Gasteiger partial charge is 0.264 e. The molecule has 0 bridgehead atoms. The van der Waals surface area contributed by atoms with Gasteiger partial charge in [-0.25, -0.2) is 0 Å². The monoisotopic (exact) mass is 453 g/mol. The number of likely N-dealkylation sites (tertiary alicyclic amines) is 2. The number of amides is 2. The summed E-state index contributed by atoms with van der Waals surface area (Å²) in [4.78, 5) is 30.3. The summed E-state index contributed by atoms with van der Waals surface area (Å²) in [6.07, 6.45) is 0.944. The molecule has 2 aromatic carbocycles. The Morgan fingerprint density at radius 1 is 1.00 bits per heavy atom. The average Bonchev–Trinajstić information content (AvgIpc) is 3.35. The first-order valence-corrected chi connectivity index (χ1v) is 11.8. The Morgan fingerprint density at radius 2 is 1.74 bits per heavy atom. The summed E-state index contributed by atoms with van der Waals surface area (Å²) in [5, 5.41) is 5.39. The zero-order valence-corrected chi connectivity index (χ0v) is 18.9. The van der Waals surface area contributed by atoms with E-state index < -0.39 is 0 Å². The number of nitrogens with one attached hydrogen (secondary N) is 1. The molecule has 5 nitrogen and oxygen atoms in total. The maximum absolute atomic E-state index is 13.0. The van der Waals surface area contributed by atoms with Crippen molar-refractivity contribution < 1.29 is 9.59 Å². The molecular weight excluding hydrogens is 430 g/mol. The molecule has 1 atom stereocenters. The van der Waals surface area contributed by atoms with Crippen LogP contribution in [-0.2, 0) is 0 Å². The summed E-state index contributed by atoms with van der Waals surface area (Å²) in [5.74, 6) is 0.191. The van der Waals surface area contributed by atoms with Gasteiger partial charge in [-0.2, -0.15) is 0 Å². The summed E-state index contributed by atoms with van der Waals surface area (Å²) < 4.78 is 1.09. The lowest BCUT2D eigenvalue weighted by molar-refractivity contribution is 0.0557. The molecule has 5 rings (SSSR count). The van der Waals surface area contributed by atoms with E-state index in [1.165, 1.54) is 11.3 Å². The maximum atomic E-state index is 13.0. The van der Waals surface area contributed by atoms with Gasteiger partial charge in [0.1, 0.15) is 0 Å². The molecule has 2 aliphatic heterocycles. The highest BCUT2D eigenvalue weighted by atomic mass is 35.5. The number of hydrogen-bond acceptors (Lipinski definition) is 4. The molecule has 0 saturated carbocycles. The summed E-state index contributed by atoms with van der Waals surface area (Å²) in [5.41, 5.74) is 1.75. The third kappa shape index (κ3) is 3.95. The van der Waals surface area contributed by atoms with E-state index >= 15 is 0 Å². The lowest BCUT2D eigenvalue weighted by Gasteiger charge is -2.41. The SMILES string of the molecule is Cc1c(C(=O)N2CC(N[C@H]3CCN(C(=O)c4ccccc4)C3)C2)sc2ccc(Cl)cc12. The lowest BCUT2D eigenvalue weighted by Crippen LogP contribution is -2.62. The second-order valence-electron chi connectivity index (χ2n) is 8.37. The molecule has 2 aliphatic rings. The molecule has 3 heterocycles. The van der Waals surface area contributed by atoms with Gasteiger partial charge in [0.25, 0.3) is 11.8 Å². The fraction of sp³-hybridized carbons (Fsp3) is 0.333. The quantitative estimate of drug-likeness (QED) is 0.644. The zero-order chi connectivity index (χ0) is 21.5. The lowest BCUT2D eigenvalue weighted by atomic mass is 10.1. The second kappa shape index (κ2) is 8.26. The van der Waals surface area contributed by atoms with E-state index in [0.717, 1.165) is 39.1 Å². The van der Waals surface area contributed by atoms with E-state index in [-0.39, 0.29) is 23.9 Å². The molecule has 1 N–H and O–H groups in total. The predicted octanol–water partition coefficient (Wildman–Crippen LogP) is 4.19. The number of thiophene rings is 1. The molecule has 7 heteroatoms. The number of carbonyl (C=O) groups excluding carboxylic acids is 2. The third-order valence-corrected chi connectivity index (χ3v) is 7.72. The van der Waals surface area contributed by atoms with Crippen LogP contribution in [0.4, 0.5) is 0 Å². The Bertz CT molecular complexity index is 1140. The molecule has 160 valence electrons. The molecule has 0 spiro atoms. The molecule has 0 aliphatic carbocycles. The van der Waals surface area contributed by atoms with Crippen LogP contribution in [0.3, 0.4) is 0 Å². The first kappa shape index (κ1) is 20.5. The molecule has 1 aromatic heterocycles. The van der Waals surface area contributed by atoms with Gasteiger partial charge in [0.15, 0.2) is 0 Å². The number of aryl methyl sites for hydroxylation is 1. The van der Waals surface area contributed by atoms with Gasteiger partial charge in [0, 0.05) is 53.5 Å². The Balaban J connectivity index is 1.15. The molecule has 0 unspecified atom stereocenters. The van der Waals surface area contributed by atoms with Crippen LogP contribution in [0.1, 0.15) is 32.0 Å². The first-order valence-electron chi connectivity index (χ1n) is 10.6. The molecule has 31 heavy (non-hydrogen) atoms. The highest BCUT2D eigenvalue weighted by molar-refractivity contribution is 7.21. The normalized spacial score (nSPS) is 19.1. The average molecular weight is 454 g/mol. The molecule has 3 aromatic rings. The summed E-state index contributed by atoms with van der Waals surface area (Å²) in [6.45, 7) is 4.89. The fourth-order valence-corrected chi connectivity index (χ4v) is 5.80. The third-order valence-electron chi connectivity index (χ3n) is 6.23. The topological polar surface area (TPSA) is 52.7 Å².